The highest BCUT2D eigenvalue weighted by Gasteiger charge is 2.53. The highest BCUT2D eigenvalue weighted by molar-refractivity contribution is 7.89. The van der Waals surface area contributed by atoms with Crippen molar-refractivity contribution in [1.82, 2.24) is 9.29 Å². The van der Waals surface area contributed by atoms with Gasteiger partial charge in [0.1, 0.15) is 10.6 Å². The topological polar surface area (TPSA) is 88.4 Å². The Hall–Kier alpha value is -1.34. The predicted octanol–water partition coefficient (Wildman–Crippen LogP) is 1.67. The Kier molecular flexibility index (Phi) is 3.37. The third-order valence-electron chi connectivity index (χ3n) is 4.69. The van der Waals surface area contributed by atoms with Gasteiger partial charge in [-0.05, 0) is 50.0 Å². The number of nitrogens with one attached hydrogen (secondary N) is 1. The minimum Gasteiger partial charge on any atom is -0.477 e. The molecule has 6 nitrogen and oxygen atoms in total. The van der Waals surface area contributed by atoms with Crippen LogP contribution in [0.15, 0.2) is 17.2 Å². The first-order valence-electron chi connectivity index (χ1n) is 7.31. The minimum atomic E-state index is -3.64. The molecular weight excluding hydrogens is 292 g/mol. The Balaban J connectivity index is 1.76. The first-order chi connectivity index (χ1) is 9.88. The van der Waals surface area contributed by atoms with Crippen molar-refractivity contribution in [2.24, 2.45) is 11.3 Å². The molecule has 2 saturated carbocycles. The molecule has 1 aromatic heterocycles. The van der Waals surface area contributed by atoms with Crippen LogP contribution in [0.3, 0.4) is 0 Å². The fourth-order valence-corrected chi connectivity index (χ4v) is 4.16. The number of aromatic carboxylic acids is 1. The summed E-state index contributed by atoms with van der Waals surface area (Å²) in [6.07, 6.45) is 5.99. The van der Waals surface area contributed by atoms with Gasteiger partial charge in [0.15, 0.2) is 0 Å². The number of rotatable bonds is 7. The van der Waals surface area contributed by atoms with Gasteiger partial charge < -0.3 is 9.67 Å². The van der Waals surface area contributed by atoms with Gasteiger partial charge in [-0.3, -0.25) is 0 Å². The van der Waals surface area contributed by atoms with Crippen molar-refractivity contribution in [2.75, 3.05) is 6.54 Å². The molecule has 0 aliphatic heterocycles. The van der Waals surface area contributed by atoms with Crippen LogP contribution in [0.4, 0.5) is 0 Å². The van der Waals surface area contributed by atoms with E-state index in [0.29, 0.717) is 19.0 Å². The van der Waals surface area contributed by atoms with E-state index < -0.39 is 16.0 Å². The molecule has 1 heterocycles. The van der Waals surface area contributed by atoms with Crippen LogP contribution >= 0.6 is 0 Å². The summed E-state index contributed by atoms with van der Waals surface area (Å²) >= 11 is 0. The lowest BCUT2D eigenvalue weighted by molar-refractivity contribution is 0.0685. The van der Waals surface area contributed by atoms with Gasteiger partial charge in [-0.1, -0.05) is 0 Å². The maximum atomic E-state index is 12.3. The lowest BCUT2D eigenvalue weighted by atomic mass is 10.0. The highest BCUT2D eigenvalue weighted by atomic mass is 32.2. The summed E-state index contributed by atoms with van der Waals surface area (Å²) in [5, 5.41) is 9.09. The maximum Gasteiger partial charge on any atom is 0.352 e. The van der Waals surface area contributed by atoms with Crippen molar-refractivity contribution < 1.29 is 18.3 Å². The fourth-order valence-electron chi connectivity index (χ4n) is 2.98. The molecule has 0 aromatic carbocycles. The van der Waals surface area contributed by atoms with Crippen LogP contribution in [0.5, 0.6) is 0 Å². The van der Waals surface area contributed by atoms with Gasteiger partial charge >= 0.3 is 5.97 Å². The van der Waals surface area contributed by atoms with Crippen molar-refractivity contribution in [2.45, 2.75) is 44.0 Å². The Labute approximate surface area is 124 Å². The van der Waals surface area contributed by atoms with E-state index in [-0.39, 0.29) is 16.0 Å². The molecule has 0 atom stereocenters. The van der Waals surface area contributed by atoms with E-state index in [0.717, 1.165) is 12.8 Å². The molecule has 2 aliphatic carbocycles. The van der Waals surface area contributed by atoms with Crippen LogP contribution in [0.2, 0.25) is 0 Å². The summed E-state index contributed by atoms with van der Waals surface area (Å²) in [6.45, 7) is 2.67. The molecule has 1 aromatic rings. The molecule has 116 valence electrons. The summed E-state index contributed by atoms with van der Waals surface area (Å²) in [7, 11) is -3.64. The molecule has 0 amide bonds. The van der Waals surface area contributed by atoms with Crippen molar-refractivity contribution in [3.63, 3.8) is 0 Å². The van der Waals surface area contributed by atoms with Gasteiger partial charge in [0.05, 0.1) is 0 Å². The SMILES string of the molecule is CCn1cc(S(=O)(=O)NCC2(C3CC3)CC2)cc1C(=O)O. The third-order valence-corrected chi connectivity index (χ3v) is 6.06. The second kappa shape index (κ2) is 4.84. The summed E-state index contributed by atoms with van der Waals surface area (Å²) in [4.78, 5) is 11.1. The minimum absolute atomic E-state index is 0.00111. The number of carbonyl (C=O) groups is 1. The largest absolute Gasteiger partial charge is 0.477 e. The fraction of sp³-hybridized carbons (Fsp3) is 0.643. The van der Waals surface area contributed by atoms with E-state index >= 15 is 0 Å². The molecule has 0 spiro atoms. The predicted molar refractivity (Wildman–Crippen MR) is 76.6 cm³/mol. The number of carboxylic acids is 1. The van der Waals surface area contributed by atoms with Gasteiger partial charge in [-0.25, -0.2) is 17.9 Å². The molecule has 0 radical (unpaired) electrons. The Bertz CT molecular complexity index is 669. The Morgan fingerprint density at radius 3 is 2.57 bits per heavy atom. The third kappa shape index (κ3) is 2.72. The number of carboxylic acid groups (broad SMARTS) is 1. The Morgan fingerprint density at radius 1 is 1.48 bits per heavy atom. The first kappa shape index (κ1) is 14.6. The molecule has 0 saturated heterocycles. The quantitative estimate of drug-likeness (QED) is 0.801. The average molecular weight is 312 g/mol. The van der Waals surface area contributed by atoms with Gasteiger partial charge in [-0.2, -0.15) is 0 Å². The standard InChI is InChI=1S/C14H20N2O4S/c1-2-16-8-11(7-12(16)13(17)18)21(19,20)15-9-14(5-6-14)10-3-4-10/h7-8,10,15H,2-6,9H2,1H3,(H,17,18). The number of hydrogen-bond acceptors (Lipinski definition) is 3. The monoisotopic (exact) mass is 312 g/mol. The smallest absolute Gasteiger partial charge is 0.352 e. The second-order valence-electron chi connectivity index (χ2n) is 6.11. The van der Waals surface area contributed by atoms with Gasteiger partial charge in [0, 0.05) is 19.3 Å². The van der Waals surface area contributed by atoms with Crippen molar-refractivity contribution in [1.29, 1.82) is 0 Å². The van der Waals surface area contributed by atoms with Crippen molar-refractivity contribution in [3.05, 3.63) is 18.0 Å². The van der Waals surface area contributed by atoms with Gasteiger partial charge in [-0.15, -0.1) is 0 Å². The number of hydrogen-bond donors (Lipinski definition) is 2. The van der Waals surface area contributed by atoms with Crippen LogP contribution < -0.4 is 4.72 Å². The Morgan fingerprint density at radius 2 is 2.14 bits per heavy atom. The summed E-state index contributed by atoms with van der Waals surface area (Å²) in [5.74, 6) is -0.440. The number of sulfonamides is 1. The zero-order chi connectivity index (χ0) is 15.3. The zero-order valence-corrected chi connectivity index (χ0v) is 12.8. The average Bonchev–Trinajstić information content (AvgIpc) is 3.32. The molecule has 2 aliphatic rings. The molecule has 2 fully saturated rings. The summed E-state index contributed by atoms with van der Waals surface area (Å²) in [5.41, 5.74) is 0.178. The number of nitrogens with zero attached hydrogens (tertiary/aromatic N) is 1. The number of aromatic nitrogens is 1. The summed E-state index contributed by atoms with van der Waals surface area (Å²) < 4.78 is 28.8. The van der Waals surface area contributed by atoms with E-state index in [1.54, 1.807) is 6.92 Å². The van der Waals surface area contributed by atoms with Crippen LogP contribution in [0.1, 0.15) is 43.1 Å². The molecule has 0 bridgehead atoms. The molecular formula is C14H20N2O4S. The lowest BCUT2D eigenvalue weighted by Gasteiger charge is -2.14. The molecule has 0 unspecified atom stereocenters. The van der Waals surface area contributed by atoms with Crippen molar-refractivity contribution in [3.8, 4) is 0 Å². The molecule has 2 N–H and O–H groups in total. The van der Waals surface area contributed by atoms with Gasteiger partial charge in [0.25, 0.3) is 0 Å². The first-order valence-corrected chi connectivity index (χ1v) is 8.79. The van der Waals surface area contributed by atoms with E-state index in [1.807, 2.05) is 0 Å². The zero-order valence-electron chi connectivity index (χ0n) is 12.0. The van der Waals surface area contributed by atoms with Crippen LogP contribution in [0.25, 0.3) is 0 Å². The normalized spacial score (nSPS) is 20.4. The number of aryl methyl sites for hydroxylation is 1. The second-order valence-corrected chi connectivity index (χ2v) is 7.88. The van der Waals surface area contributed by atoms with Crippen LogP contribution in [-0.4, -0.2) is 30.6 Å². The maximum absolute atomic E-state index is 12.3. The van der Waals surface area contributed by atoms with E-state index in [2.05, 4.69) is 4.72 Å². The van der Waals surface area contributed by atoms with Crippen LogP contribution in [0, 0.1) is 11.3 Å². The lowest BCUT2D eigenvalue weighted by Crippen LogP contribution is -2.31. The van der Waals surface area contributed by atoms with E-state index in [9.17, 15) is 13.2 Å². The highest BCUT2D eigenvalue weighted by Crippen LogP contribution is 2.60. The van der Waals surface area contributed by atoms with Gasteiger partial charge in [0.2, 0.25) is 10.0 Å². The molecule has 3 rings (SSSR count). The summed E-state index contributed by atoms with van der Waals surface area (Å²) in [6, 6.07) is 1.23. The molecule has 21 heavy (non-hydrogen) atoms. The van der Waals surface area contributed by atoms with E-state index in [1.165, 1.54) is 29.7 Å². The van der Waals surface area contributed by atoms with Crippen molar-refractivity contribution >= 4 is 16.0 Å². The molecule has 7 heteroatoms. The van der Waals surface area contributed by atoms with Crippen LogP contribution in [-0.2, 0) is 16.6 Å². The van der Waals surface area contributed by atoms with E-state index in [4.69, 9.17) is 5.11 Å².